The molecule has 0 unspecified atom stereocenters. The first kappa shape index (κ1) is 32.5. The Bertz CT molecular complexity index is 3540. The Morgan fingerprint density at radius 3 is 1.22 bits per heavy atom. The summed E-state index contributed by atoms with van der Waals surface area (Å²) in [6, 6.07) is 53.0. The molecule has 0 amide bonds. The Hall–Kier alpha value is -7.44. The second kappa shape index (κ2) is 10.8. The highest BCUT2D eigenvalue weighted by molar-refractivity contribution is 6.15. The van der Waals surface area contributed by atoms with Gasteiger partial charge >= 0.3 is 0 Å². The molecule has 11 aromatic rings. The maximum absolute atomic E-state index is 5.46. The van der Waals surface area contributed by atoms with Gasteiger partial charge in [0, 0.05) is 43.5 Å². The van der Waals surface area contributed by atoms with Crippen molar-refractivity contribution in [3.8, 4) is 56.7 Å². The SMILES string of the molecule is CC1(C)c2ccccc2-c2cc3c4ccccc4n(-c4nc5c6c(nc(-n7c8ccccc8c8cc9c(cc87)C(C)(C)c7ccccc7-9)nc6n4)-c4ccccc4-5)c3cc21. The minimum atomic E-state index is -0.157. The molecule has 0 spiro atoms. The highest BCUT2D eigenvalue weighted by Crippen LogP contribution is 2.53. The van der Waals surface area contributed by atoms with Crippen LogP contribution in [0.4, 0.5) is 0 Å². The summed E-state index contributed by atoms with van der Waals surface area (Å²) in [4.78, 5) is 21.8. The van der Waals surface area contributed by atoms with Gasteiger partial charge in [0.05, 0.1) is 38.8 Å². The minimum absolute atomic E-state index is 0.157. The fraction of sp³-hybridized carbons (Fsp3) is 0.111. The van der Waals surface area contributed by atoms with E-state index in [-0.39, 0.29) is 10.8 Å². The maximum Gasteiger partial charge on any atom is 0.237 e. The van der Waals surface area contributed by atoms with E-state index in [9.17, 15) is 0 Å². The van der Waals surface area contributed by atoms with Crippen LogP contribution in [0.15, 0.2) is 146 Å². The molecule has 3 aliphatic rings. The zero-order chi connectivity index (χ0) is 39.8. The van der Waals surface area contributed by atoms with Crippen molar-refractivity contribution in [3.05, 3.63) is 168 Å². The number of para-hydroxylation sites is 2. The second-order valence-corrected chi connectivity index (χ2v) is 17.9. The summed E-state index contributed by atoms with van der Waals surface area (Å²) in [5.41, 5.74) is 19.0. The Morgan fingerprint density at radius 1 is 0.350 bits per heavy atom. The number of rotatable bonds is 2. The summed E-state index contributed by atoms with van der Waals surface area (Å²) >= 11 is 0. The summed E-state index contributed by atoms with van der Waals surface area (Å²) in [7, 11) is 0. The van der Waals surface area contributed by atoms with Gasteiger partial charge in [-0.15, -0.1) is 0 Å². The van der Waals surface area contributed by atoms with Crippen molar-refractivity contribution in [2.45, 2.75) is 38.5 Å². The van der Waals surface area contributed by atoms with E-state index in [0.717, 1.165) is 50.0 Å². The Balaban J connectivity index is 1.06. The molecule has 0 aliphatic heterocycles. The van der Waals surface area contributed by atoms with Gasteiger partial charge in [-0.05, 0) is 80.9 Å². The summed E-state index contributed by atoms with van der Waals surface area (Å²) in [5.74, 6) is 1.20. The number of hydrogen-bond donors (Lipinski definition) is 0. The lowest BCUT2D eigenvalue weighted by Crippen LogP contribution is -2.15. The molecule has 0 radical (unpaired) electrons. The fourth-order valence-electron chi connectivity index (χ4n) is 11.3. The fourth-order valence-corrected chi connectivity index (χ4v) is 11.3. The van der Waals surface area contributed by atoms with E-state index >= 15 is 0 Å². The van der Waals surface area contributed by atoms with Gasteiger partial charge in [-0.3, -0.25) is 9.13 Å². The third-order valence-corrected chi connectivity index (χ3v) is 14.1. The summed E-state index contributed by atoms with van der Waals surface area (Å²) in [5, 5.41) is 5.60. The van der Waals surface area contributed by atoms with Gasteiger partial charge < -0.3 is 0 Å². The highest BCUT2D eigenvalue weighted by atomic mass is 15.2. The lowest BCUT2D eigenvalue weighted by Gasteiger charge is -2.21. The Morgan fingerprint density at radius 2 is 0.750 bits per heavy atom. The maximum atomic E-state index is 5.46. The molecular formula is C54H36N6. The van der Waals surface area contributed by atoms with Crippen molar-refractivity contribution in [3.63, 3.8) is 0 Å². The Labute approximate surface area is 345 Å². The zero-order valence-electron chi connectivity index (χ0n) is 33.5. The topological polar surface area (TPSA) is 61.4 Å². The van der Waals surface area contributed by atoms with E-state index in [1.54, 1.807) is 0 Å². The molecule has 0 saturated carbocycles. The molecule has 0 N–H and O–H groups in total. The molecule has 0 atom stereocenters. The normalized spacial score (nSPS) is 14.9. The van der Waals surface area contributed by atoms with Crippen LogP contribution < -0.4 is 0 Å². The van der Waals surface area contributed by atoms with E-state index in [1.165, 1.54) is 66.1 Å². The molecule has 282 valence electrons. The van der Waals surface area contributed by atoms with Crippen LogP contribution in [0.25, 0.3) is 111 Å². The first-order valence-corrected chi connectivity index (χ1v) is 20.8. The lowest BCUT2D eigenvalue weighted by atomic mass is 9.82. The molecule has 3 aliphatic carbocycles. The van der Waals surface area contributed by atoms with E-state index in [0.29, 0.717) is 17.5 Å². The monoisotopic (exact) mass is 768 g/mol. The van der Waals surface area contributed by atoms with Crippen LogP contribution in [0.3, 0.4) is 0 Å². The van der Waals surface area contributed by atoms with Crippen LogP contribution in [-0.4, -0.2) is 29.1 Å². The summed E-state index contributed by atoms with van der Waals surface area (Å²) < 4.78 is 4.51. The number of hydrogen-bond acceptors (Lipinski definition) is 4. The van der Waals surface area contributed by atoms with E-state index in [4.69, 9.17) is 19.9 Å². The average molecular weight is 769 g/mol. The predicted molar refractivity (Wildman–Crippen MR) is 243 cm³/mol. The molecule has 6 heteroatoms. The molecule has 14 rings (SSSR count). The summed E-state index contributed by atoms with van der Waals surface area (Å²) in [6.45, 7) is 9.35. The molecule has 6 nitrogen and oxygen atoms in total. The quantitative estimate of drug-likeness (QED) is 0.176. The summed E-state index contributed by atoms with van der Waals surface area (Å²) in [6.07, 6.45) is 0. The number of benzene rings is 7. The molecule has 0 saturated heterocycles. The first-order chi connectivity index (χ1) is 29.3. The van der Waals surface area contributed by atoms with Crippen molar-refractivity contribution in [2.24, 2.45) is 0 Å². The van der Waals surface area contributed by atoms with Crippen molar-refractivity contribution in [1.29, 1.82) is 0 Å². The molecule has 4 heterocycles. The second-order valence-electron chi connectivity index (χ2n) is 17.9. The van der Waals surface area contributed by atoms with Crippen LogP contribution in [0.2, 0.25) is 0 Å². The highest BCUT2D eigenvalue weighted by Gasteiger charge is 2.38. The van der Waals surface area contributed by atoms with Gasteiger partial charge in [0.25, 0.3) is 0 Å². The molecule has 0 fully saturated rings. The smallest absolute Gasteiger partial charge is 0.237 e. The van der Waals surface area contributed by atoms with Crippen LogP contribution in [0.1, 0.15) is 49.9 Å². The van der Waals surface area contributed by atoms with Crippen molar-refractivity contribution >= 4 is 54.6 Å². The van der Waals surface area contributed by atoms with Gasteiger partial charge in [-0.2, -0.15) is 9.97 Å². The number of nitrogens with zero attached hydrogens (tertiary/aromatic N) is 6. The number of aromatic nitrogens is 6. The van der Waals surface area contributed by atoms with Gasteiger partial charge in [-0.1, -0.05) is 137 Å². The third-order valence-electron chi connectivity index (χ3n) is 14.1. The van der Waals surface area contributed by atoms with Gasteiger partial charge in [0.15, 0.2) is 5.65 Å². The van der Waals surface area contributed by atoms with E-state index in [1.807, 2.05) is 0 Å². The average Bonchev–Trinajstić information content (AvgIpc) is 4.01. The first-order valence-electron chi connectivity index (χ1n) is 20.8. The molecule has 0 bridgehead atoms. The van der Waals surface area contributed by atoms with Crippen molar-refractivity contribution in [1.82, 2.24) is 29.1 Å². The number of fused-ring (bicyclic) bond motifs is 15. The van der Waals surface area contributed by atoms with Crippen LogP contribution in [0, 0.1) is 0 Å². The van der Waals surface area contributed by atoms with Crippen molar-refractivity contribution in [2.75, 3.05) is 0 Å². The van der Waals surface area contributed by atoms with Crippen LogP contribution in [-0.2, 0) is 10.8 Å². The van der Waals surface area contributed by atoms with Crippen LogP contribution in [0.5, 0.6) is 0 Å². The largest absolute Gasteiger partial charge is 0.278 e. The van der Waals surface area contributed by atoms with E-state index in [2.05, 4.69) is 182 Å². The third kappa shape index (κ3) is 3.85. The van der Waals surface area contributed by atoms with Gasteiger partial charge in [-0.25, -0.2) is 9.97 Å². The Kier molecular flexibility index (Phi) is 5.84. The molecule has 7 aromatic carbocycles. The lowest BCUT2D eigenvalue weighted by molar-refractivity contribution is 0.661. The van der Waals surface area contributed by atoms with Crippen molar-refractivity contribution < 1.29 is 0 Å². The molecule has 4 aromatic heterocycles. The van der Waals surface area contributed by atoms with E-state index < -0.39 is 0 Å². The standard InChI is InChI=1S/C54H36N6/c1-53(2)39-21-11-7-15-29(39)35-25-37-31-17-9-13-23-43(31)59(45(37)27-41(35)53)51-55-48-33-19-5-6-20-34(33)49-47(48)50(57-51)58-52(56-49)60-44-24-14-10-18-32(44)38-26-36-30-16-8-12-22-40(30)54(3,4)42(36)28-46(38)60/h5-28H,1-4H3. The predicted octanol–water partition coefficient (Wildman–Crippen LogP) is 12.9. The molecule has 60 heavy (non-hydrogen) atoms. The molecular weight excluding hydrogens is 733 g/mol. The van der Waals surface area contributed by atoms with Crippen LogP contribution >= 0.6 is 0 Å². The van der Waals surface area contributed by atoms with Gasteiger partial charge in [0.1, 0.15) is 0 Å². The zero-order valence-corrected chi connectivity index (χ0v) is 33.5. The van der Waals surface area contributed by atoms with Gasteiger partial charge in [0.2, 0.25) is 11.9 Å². The minimum Gasteiger partial charge on any atom is -0.278 e.